The number of piperidine rings is 1. The molecule has 0 saturated carbocycles. The van der Waals surface area contributed by atoms with Gasteiger partial charge >= 0.3 is 0 Å². The number of quaternary nitrogens is 2. The number of rotatable bonds is 3. The predicted octanol–water partition coefficient (Wildman–Crippen LogP) is 3.58. The summed E-state index contributed by atoms with van der Waals surface area (Å²) in [5.74, 6) is 0. The van der Waals surface area contributed by atoms with E-state index >= 15 is 0 Å². The summed E-state index contributed by atoms with van der Waals surface area (Å²) in [4.78, 5) is 0. The van der Waals surface area contributed by atoms with E-state index < -0.39 is 0 Å². The Morgan fingerprint density at radius 2 is 1.26 bits per heavy atom. The summed E-state index contributed by atoms with van der Waals surface area (Å²) in [6.07, 6.45) is 4.36. The first-order chi connectivity index (χ1) is 8.39. The molecule has 1 saturated heterocycles. The van der Waals surface area contributed by atoms with Crippen LogP contribution in [0.2, 0.25) is 0 Å². The Kier molecular flexibility index (Phi) is 18.4. The minimum absolute atomic E-state index is 0. The Bertz CT molecular complexity index is 170. The van der Waals surface area contributed by atoms with Crippen molar-refractivity contribution in [3.05, 3.63) is 6.92 Å². The van der Waals surface area contributed by atoms with Crippen LogP contribution in [0.5, 0.6) is 0 Å². The normalized spacial score (nSPS) is 17.1. The molecule has 1 radical (unpaired) electrons. The van der Waals surface area contributed by atoms with E-state index in [1.54, 1.807) is 6.92 Å². The fraction of sp³-hybridized carbons (Fsp3) is 0.938. The second-order valence-corrected chi connectivity index (χ2v) is 6.01. The van der Waals surface area contributed by atoms with E-state index in [1.165, 1.54) is 56.5 Å². The maximum Gasteiger partial charge on any atom is 0.0784 e. The van der Waals surface area contributed by atoms with Gasteiger partial charge in [0.2, 0.25) is 0 Å². The second-order valence-electron chi connectivity index (χ2n) is 6.01. The molecule has 1 aliphatic rings. The number of hydrogen-bond donors (Lipinski definition) is 0. The Hall–Kier alpha value is 1.02. The van der Waals surface area contributed by atoms with Crippen molar-refractivity contribution in [3.63, 3.8) is 0 Å². The molecule has 1 fully saturated rings. The van der Waals surface area contributed by atoms with Crippen molar-refractivity contribution in [2.75, 3.05) is 53.9 Å². The molecule has 0 spiro atoms. The molecule has 0 aromatic carbocycles. The van der Waals surface area contributed by atoms with Gasteiger partial charge in [-0.25, -0.2) is 0 Å². The Morgan fingerprint density at radius 1 is 0.895 bits per heavy atom. The first-order valence-electron chi connectivity index (χ1n) is 7.75. The quantitative estimate of drug-likeness (QED) is 0.540. The van der Waals surface area contributed by atoms with Crippen molar-refractivity contribution in [1.82, 2.24) is 0 Å². The second kappa shape index (κ2) is 14.0. The zero-order chi connectivity index (χ0) is 14.7. The molecule has 0 amide bonds. The van der Waals surface area contributed by atoms with Crippen LogP contribution in [0, 0.1) is 6.92 Å². The molecule has 1 aliphatic heterocycles. The smallest absolute Gasteiger partial charge is 0.0784 e. The average molecular weight is 348 g/mol. The van der Waals surface area contributed by atoms with Crippen molar-refractivity contribution in [1.29, 1.82) is 0 Å². The summed E-state index contributed by atoms with van der Waals surface area (Å²) in [7, 11) is 6.85. The fourth-order valence-electron chi connectivity index (χ4n) is 1.82. The van der Waals surface area contributed by atoms with Crippen LogP contribution in [0.3, 0.4) is 0 Å². The van der Waals surface area contributed by atoms with Crippen molar-refractivity contribution in [3.8, 4) is 0 Å². The average Bonchev–Trinajstić information content (AvgIpc) is 2.43. The first-order valence-corrected chi connectivity index (χ1v) is 7.75. The molecular weight excluding hydrogens is 309 g/mol. The third-order valence-electron chi connectivity index (χ3n) is 4.37. The molecule has 1 rings (SSSR count). The van der Waals surface area contributed by atoms with Crippen molar-refractivity contribution >= 4 is 0 Å². The molecule has 1 heterocycles. The standard InChI is InChI=1S/C8H18N.C6H16N.C2H5.Y/c1-3-9(2)7-5-4-6-8-9;1-5-7(3,4)6-2;1-2;/h3-8H2,1-2H3;5-6H2,1-4H3;1H2,2H3;/q2*+1;-1;. The van der Waals surface area contributed by atoms with Gasteiger partial charge in [-0.05, 0) is 40.0 Å². The SMILES string of the molecule is CC[N+](C)(C)CC.CC[N+]1(C)CCCCC1.[CH2-]C.[Y]. The van der Waals surface area contributed by atoms with Crippen LogP contribution < -0.4 is 0 Å². The number of likely N-dealkylation sites (tertiary alicyclic amines) is 1. The molecule has 0 bridgehead atoms. The van der Waals surface area contributed by atoms with Gasteiger partial charge in [0.1, 0.15) is 0 Å². The van der Waals surface area contributed by atoms with Crippen molar-refractivity contribution in [2.24, 2.45) is 0 Å². The van der Waals surface area contributed by atoms with E-state index in [0.29, 0.717) is 0 Å². The molecule has 0 N–H and O–H groups in total. The first kappa shape index (κ1) is 25.0. The van der Waals surface area contributed by atoms with Crippen LogP contribution in [-0.2, 0) is 32.7 Å². The molecule has 0 atom stereocenters. The maximum atomic E-state index is 3.25. The Labute approximate surface area is 149 Å². The summed E-state index contributed by atoms with van der Waals surface area (Å²) in [5, 5.41) is 0. The predicted molar refractivity (Wildman–Crippen MR) is 84.5 cm³/mol. The summed E-state index contributed by atoms with van der Waals surface area (Å²) in [5.41, 5.74) is 0. The Balaban J connectivity index is -0.000000233. The number of hydrogen-bond acceptors (Lipinski definition) is 0. The molecule has 3 heteroatoms. The van der Waals surface area contributed by atoms with Gasteiger partial charge in [-0.1, -0.05) is 0 Å². The van der Waals surface area contributed by atoms with Gasteiger partial charge < -0.3 is 15.9 Å². The van der Waals surface area contributed by atoms with E-state index in [9.17, 15) is 0 Å². The van der Waals surface area contributed by atoms with Crippen molar-refractivity contribution in [2.45, 2.75) is 47.0 Å². The zero-order valence-electron chi connectivity index (χ0n) is 14.8. The maximum absolute atomic E-state index is 3.25. The molecule has 115 valence electrons. The summed E-state index contributed by atoms with van der Waals surface area (Å²) >= 11 is 0. The summed E-state index contributed by atoms with van der Waals surface area (Å²) in [6, 6.07) is 0. The molecule has 0 aromatic rings. The molecule has 0 aliphatic carbocycles. The summed E-state index contributed by atoms with van der Waals surface area (Å²) in [6.45, 7) is 18.3. The zero-order valence-corrected chi connectivity index (χ0v) is 17.7. The van der Waals surface area contributed by atoms with Gasteiger partial charge in [-0.3, -0.25) is 0 Å². The largest absolute Gasteiger partial charge is 0.346 e. The third-order valence-corrected chi connectivity index (χ3v) is 4.37. The summed E-state index contributed by atoms with van der Waals surface area (Å²) < 4.78 is 2.46. The topological polar surface area (TPSA) is 0 Å². The molecule has 0 aromatic heterocycles. The minimum atomic E-state index is 0. The van der Waals surface area contributed by atoms with Gasteiger partial charge in [0.25, 0.3) is 0 Å². The molecular formula is C16H39N2Y+. The number of nitrogens with zero attached hydrogens (tertiary/aromatic N) is 2. The fourth-order valence-corrected chi connectivity index (χ4v) is 1.82. The van der Waals surface area contributed by atoms with Crippen LogP contribution in [0.15, 0.2) is 0 Å². The third kappa shape index (κ3) is 13.8. The van der Waals surface area contributed by atoms with Crippen LogP contribution in [-0.4, -0.2) is 62.8 Å². The van der Waals surface area contributed by atoms with E-state index in [4.69, 9.17) is 0 Å². The van der Waals surface area contributed by atoms with E-state index in [1.807, 2.05) is 0 Å². The van der Waals surface area contributed by atoms with Gasteiger partial charge in [0, 0.05) is 32.7 Å². The molecule has 19 heavy (non-hydrogen) atoms. The van der Waals surface area contributed by atoms with Crippen LogP contribution in [0.4, 0.5) is 0 Å². The van der Waals surface area contributed by atoms with Crippen LogP contribution in [0.1, 0.15) is 47.0 Å². The van der Waals surface area contributed by atoms with Gasteiger partial charge in [0.15, 0.2) is 0 Å². The van der Waals surface area contributed by atoms with E-state index in [0.717, 1.165) is 4.48 Å². The monoisotopic (exact) mass is 348 g/mol. The van der Waals surface area contributed by atoms with Gasteiger partial charge in [0.05, 0.1) is 53.9 Å². The van der Waals surface area contributed by atoms with E-state index in [-0.39, 0.29) is 32.7 Å². The van der Waals surface area contributed by atoms with Crippen molar-refractivity contribution < 1.29 is 41.7 Å². The van der Waals surface area contributed by atoms with Crippen LogP contribution in [0.25, 0.3) is 0 Å². The molecule has 0 unspecified atom stereocenters. The van der Waals surface area contributed by atoms with E-state index in [2.05, 4.69) is 48.8 Å². The van der Waals surface area contributed by atoms with Crippen LogP contribution >= 0.6 is 0 Å². The Morgan fingerprint density at radius 3 is 1.42 bits per heavy atom. The van der Waals surface area contributed by atoms with Gasteiger partial charge in [-0.15, -0.1) is 0 Å². The minimum Gasteiger partial charge on any atom is -0.346 e. The molecule has 2 nitrogen and oxygen atoms in total. The van der Waals surface area contributed by atoms with Gasteiger partial charge in [-0.2, -0.15) is 6.92 Å².